The largest absolute Gasteiger partial charge is 0.479 e. The van der Waals surface area contributed by atoms with E-state index >= 15 is 0 Å². The number of nitrogens with zero attached hydrogens (tertiary/aromatic N) is 4. The molecule has 1 saturated heterocycles. The summed E-state index contributed by atoms with van der Waals surface area (Å²) in [7, 11) is -1.95. The molecule has 1 fully saturated rings. The summed E-state index contributed by atoms with van der Waals surface area (Å²) in [6.45, 7) is 2.30. The summed E-state index contributed by atoms with van der Waals surface area (Å²) in [5.74, 6) is 1.20. The molecule has 0 N–H and O–H groups in total. The fraction of sp³-hybridized carbons (Fsp3) is 0.308. The number of benzene rings is 2. The van der Waals surface area contributed by atoms with Gasteiger partial charge in [0.2, 0.25) is 5.88 Å². The van der Waals surface area contributed by atoms with Gasteiger partial charge >= 0.3 is 0 Å². The molecule has 4 aromatic rings. The van der Waals surface area contributed by atoms with Gasteiger partial charge in [-0.15, -0.1) is 0 Å². The molecular weight excluding hydrogens is 464 g/mol. The average molecular weight is 493 g/mol. The van der Waals surface area contributed by atoms with Crippen molar-refractivity contribution in [1.29, 1.82) is 0 Å². The fourth-order valence-corrected chi connectivity index (χ4v) is 5.18. The molecule has 1 aliphatic heterocycles. The first kappa shape index (κ1) is 23.5. The first-order valence-electron chi connectivity index (χ1n) is 11.5. The topological polar surface area (TPSA) is 86.0 Å². The van der Waals surface area contributed by atoms with Gasteiger partial charge in [-0.25, -0.2) is 9.97 Å². The van der Waals surface area contributed by atoms with Crippen LogP contribution in [0.1, 0.15) is 17.2 Å². The normalized spacial score (nSPS) is 18.8. The Morgan fingerprint density at radius 1 is 1.03 bits per heavy atom. The van der Waals surface area contributed by atoms with Crippen LogP contribution >= 0.6 is 0 Å². The Hall–Kier alpha value is -3.27. The Bertz CT molecular complexity index is 1410. The predicted octanol–water partition coefficient (Wildman–Crippen LogP) is 3.60. The van der Waals surface area contributed by atoms with E-state index in [1.54, 1.807) is 13.3 Å². The van der Waals surface area contributed by atoms with Crippen LogP contribution in [0.3, 0.4) is 0 Å². The van der Waals surface area contributed by atoms with E-state index in [0.29, 0.717) is 12.4 Å². The van der Waals surface area contributed by atoms with Gasteiger partial charge in [0.25, 0.3) is 10.1 Å². The molecular formula is C26H28N4O4S. The number of ether oxygens (including phenoxy) is 1. The maximum absolute atomic E-state index is 11.8. The summed E-state index contributed by atoms with van der Waals surface area (Å²) in [6, 6.07) is 20.2. The van der Waals surface area contributed by atoms with Crippen LogP contribution in [0.25, 0.3) is 16.9 Å². The highest BCUT2D eigenvalue weighted by molar-refractivity contribution is 7.85. The van der Waals surface area contributed by atoms with Crippen molar-refractivity contribution in [3.05, 3.63) is 84.3 Å². The number of rotatable bonds is 8. The summed E-state index contributed by atoms with van der Waals surface area (Å²) >= 11 is 0. The van der Waals surface area contributed by atoms with Crippen LogP contribution in [0, 0.1) is 5.92 Å². The lowest BCUT2D eigenvalue weighted by atomic mass is 9.94. The summed E-state index contributed by atoms with van der Waals surface area (Å²) in [6.07, 6.45) is 4.85. The van der Waals surface area contributed by atoms with E-state index in [0.717, 1.165) is 41.9 Å². The number of fused-ring (bicyclic) bond motifs is 1. The molecule has 0 bridgehead atoms. The first-order chi connectivity index (χ1) is 16.9. The SMILES string of the molecule is COc1nc(C2CN(Cc3ccccc3)CC2COS(C)(=O)=O)cn2c(-c3ccccc3)ncc12. The molecule has 0 amide bonds. The van der Waals surface area contributed by atoms with Crippen molar-refractivity contribution >= 4 is 15.6 Å². The van der Waals surface area contributed by atoms with E-state index in [2.05, 4.69) is 22.0 Å². The highest BCUT2D eigenvalue weighted by Crippen LogP contribution is 2.35. The molecule has 0 spiro atoms. The van der Waals surface area contributed by atoms with Crippen molar-refractivity contribution in [1.82, 2.24) is 19.3 Å². The number of likely N-dealkylation sites (tertiary alicyclic amines) is 1. The second-order valence-electron chi connectivity index (χ2n) is 8.91. The van der Waals surface area contributed by atoms with Crippen LogP contribution in [0.5, 0.6) is 5.88 Å². The van der Waals surface area contributed by atoms with Crippen molar-refractivity contribution in [2.24, 2.45) is 5.92 Å². The molecule has 2 aromatic heterocycles. The second-order valence-corrected chi connectivity index (χ2v) is 10.6. The highest BCUT2D eigenvalue weighted by Gasteiger charge is 2.36. The summed E-state index contributed by atoms with van der Waals surface area (Å²) < 4.78 is 36.4. The Balaban J connectivity index is 1.52. The monoisotopic (exact) mass is 492 g/mol. The molecule has 9 heteroatoms. The maximum Gasteiger partial charge on any atom is 0.264 e. The van der Waals surface area contributed by atoms with Gasteiger partial charge in [0, 0.05) is 43.2 Å². The molecule has 0 saturated carbocycles. The Morgan fingerprint density at radius 3 is 2.43 bits per heavy atom. The average Bonchev–Trinajstić information content (AvgIpc) is 3.47. The van der Waals surface area contributed by atoms with E-state index < -0.39 is 10.1 Å². The van der Waals surface area contributed by atoms with Gasteiger partial charge in [0.05, 0.1) is 31.9 Å². The van der Waals surface area contributed by atoms with Gasteiger partial charge in [0.15, 0.2) is 0 Å². The smallest absolute Gasteiger partial charge is 0.264 e. The third-order valence-corrected chi connectivity index (χ3v) is 6.94. The highest BCUT2D eigenvalue weighted by atomic mass is 32.2. The summed E-state index contributed by atoms with van der Waals surface area (Å²) in [5.41, 5.74) is 3.79. The van der Waals surface area contributed by atoms with Gasteiger partial charge in [0.1, 0.15) is 11.3 Å². The van der Waals surface area contributed by atoms with Gasteiger partial charge < -0.3 is 4.74 Å². The molecule has 2 aromatic carbocycles. The molecule has 8 nitrogen and oxygen atoms in total. The lowest BCUT2D eigenvalue weighted by Crippen LogP contribution is -2.22. The van der Waals surface area contributed by atoms with Gasteiger partial charge in [-0.05, 0) is 5.56 Å². The van der Waals surface area contributed by atoms with Crippen LogP contribution in [-0.4, -0.2) is 60.7 Å². The molecule has 35 heavy (non-hydrogen) atoms. The lowest BCUT2D eigenvalue weighted by Gasteiger charge is -2.19. The first-order valence-corrected chi connectivity index (χ1v) is 13.3. The van der Waals surface area contributed by atoms with E-state index in [4.69, 9.17) is 13.9 Å². The van der Waals surface area contributed by atoms with Crippen LogP contribution in [0.15, 0.2) is 73.1 Å². The maximum atomic E-state index is 11.8. The lowest BCUT2D eigenvalue weighted by molar-refractivity contribution is 0.238. The number of methoxy groups -OCH3 is 1. The quantitative estimate of drug-likeness (QED) is 0.348. The van der Waals surface area contributed by atoms with Crippen molar-refractivity contribution in [3.8, 4) is 17.3 Å². The standard InChI is InChI=1S/C26H28N4O4S/c1-33-26-24-13-27-25(20-11-7-4-8-12-20)30(24)17-23(28-26)22-16-29(14-19-9-5-3-6-10-19)15-21(22)18-34-35(2,31)32/h3-13,17,21-22H,14-16,18H2,1-2H3. The summed E-state index contributed by atoms with van der Waals surface area (Å²) in [5, 5.41) is 0. The van der Waals surface area contributed by atoms with E-state index in [1.165, 1.54) is 5.56 Å². The van der Waals surface area contributed by atoms with Crippen LogP contribution in [0.4, 0.5) is 0 Å². The number of imidazole rings is 1. The van der Waals surface area contributed by atoms with Gasteiger partial charge in [-0.3, -0.25) is 13.5 Å². The van der Waals surface area contributed by atoms with E-state index in [-0.39, 0.29) is 18.4 Å². The molecule has 5 rings (SSSR count). The second kappa shape index (κ2) is 9.77. The molecule has 0 radical (unpaired) electrons. The minimum Gasteiger partial charge on any atom is -0.479 e. The molecule has 2 atom stereocenters. The van der Waals surface area contributed by atoms with Gasteiger partial charge in [-0.2, -0.15) is 8.42 Å². The summed E-state index contributed by atoms with van der Waals surface area (Å²) in [4.78, 5) is 11.8. The molecule has 2 unspecified atom stereocenters. The zero-order valence-electron chi connectivity index (χ0n) is 19.7. The Labute approximate surface area is 205 Å². The zero-order valence-corrected chi connectivity index (χ0v) is 20.6. The molecule has 0 aliphatic carbocycles. The molecule has 3 heterocycles. The minimum absolute atomic E-state index is 0.0372. The number of hydrogen-bond donors (Lipinski definition) is 0. The zero-order chi connectivity index (χ0) is 24.4. The van der Waals surface area contributed by atoms with Crippen LogP contribution in [-0.2, 0) is 20.8 Å². The fourth-order valence-electron chi connectivity index (χ4n) is 4.76. The van der Waals surface area contributed by atoms with E-state index in [9.17, 15) is 8.42 Å². The van der Waals surface area contributed by atoms with Crippen molar-refractivity contribution in [2.45, 2.75) is 12.5 Å². The molecule has 1 aliphatic rings. The van der Waals surface area contributed by atoms with Crippen LogP contribution in [0.2, 0.25) is 0 Å². The predicted molar refractivity (Wildman–Crippen MR) is 134 cm³/mol. The van der Waals surface area contributed by atoms with Crippen molar-refractivity contribution in [3.63, 3.8) is 0 Å². The van der Waals surface area contributed by atoms with Crippen molar-refractivity contribution in [2.75, 3.05) is 33.1 Å². The Kier molecular flexibility index (Phi) is 6.55. The molecule has 182 valence electrons. The van der Waals surface area contributed by atoms with Crippen molar-refractivity contribution < 1.29 is 17.3 Å². The third kappa shape index (κ3) is 5.22. The third-order valence-electron chi connectivity index (χ3n) is 6.38. The van der Waals surface area contributed by atoms with Gasteiger partial charge in [-0.1, -0.05) is 60.7 Å². The Morgan fingerprint density at radius 2 is 1.74 bits per heavy atom. The number of hydrogen-bond acceptors (Lipinski definition) is 7. The van der Waals surface area contributed by atoms with E-state index in [1.807, 2.05) is 59.1 Å². The minimum atomic E-state index is -3.55. The number of aromatic nitrogens is 3. The van der Waals surface area contributed by atoms with Crippen LogP contribution < -0.4 is 4.74 Å².